The van der Waals surface area contributed by atoms with E-state index in [1.165, 1.54) is 5.56 Å². The molecule has 1 aromatic heterocycles. The lowest BCUT2D eigenvalue weighted by Crippen LogP contribution is -2.17. The van der Waals surface area contributed by atoms with Crippen molar-refractivity contribution in [2.45, 2.75) is 19.9 Å². The average molecular weight is 261 g/mol. The van der Waals surface area contributed by atoms with Gasteiger partial charge >= 0.3 is 0 Å². The van der Waals surface area contributed by atoms with Crippen LogP contribution in [0.5, 0.6) is 0 Å². The van der Waals surface area contributed by atoms with Gasteiger partial charge in [-0.05, 0) is 23.6 Å². The molecule has 94 valence electrons. The van der Waals surface area contributed by atoms with Gasteiger partial charge in [-0.3, -0.25) is 0 Å². The summed E-state index contributed by atoms with van der Waals surface area (Å²) in [5.74, 6) is 1.28. The normalized spacial score (nSPS) is 12.4. The molecule has 0 amide bonds. The van der Waals surface area contributed by atoms with Gasteiger partial charge < -0.3 is 5.32 Å². The highest BCUT2D eigenvalue weighted by atomic mass is 35.5. The molecular weight excluding hydrogens is 244 g/mol. The van der Waals surface area contributed by atoms with E-state index in [-0.39, 0.29) is 6.04 Å². The largest absolute Gasteiger partial charge is 0.363 e. The Hall–Kier alpha value is -1.54. The smallest absolute Gasteiger partial charge is 0.131 e. The van der Waals surface area contributed by atoms with Crippen LogP contribution in [0.2, 0.25) is 5.15 Å². The number of hydrogen-bond acceptors (Lipinski definition) is 2. The molecule has 1 heterocycles. The van der Waals surface area contributed by atoms with Gasteiger partial charge in [0.05, 0.1) is 6.04 Å². The first kappa shape index (κ1) is 12.9. The van der Waals surface area contributed by atoms with E-state index in [1.807, 2.05) is 18.2 Å². The van der Waals surface area contributed by atoms with E-state index in [0.717, 1.165) is 5.82 Å². The minimum atomic E-state index is 0.233. The molecule has 0 aliphatic carbocycles. The number of halogens is 1. The minimum absolute atomic E-state index is 0.233. The molecule has 0 aliphatic rings. The SMILES string of the molecule is CC(C)C(Nc1cccc(Cl)n1)c1ccccc1. The lowest BCUT2D eigenvalue weighted by Gasteiger charge is -2.23. The Labute approximate surface area is 113 Å². The van der Waals surface area contributed by atoms with Gasteiger partial charge in [-0.15, -0.1) is 0 Å². The fourth-order valence-electron chi connectivity index (χ4n) is 1.94. The predicted octanol–water partition coefficient (Wildman–Crippen LogP) is 4.54. The van der Waals surface area contributed by atoms with Gasteiger partial charge in [-0.1, -0.05) is 61.8 Å². The van der Waals surface area contributed by atoms with Gasteiger partial charge in [0.2, 0.25) is 0 Å². The van der Waals surface area contributed by atoms with E-state index in [2.05, 4.69) is 48.4 Å². The molecule has 0 bridgehead atoms. The molecule has 3 heteroatoms. The Morgan fingerprint density at radius 3 is 2.33 bits per heavy atom. The zero-order valence-electron chi connectivity index (χ0n) is 10.6. The highest BCUT2D eigenvalue weighted by Crippen LogP contribution is 2.25. The molecule has 2 nitrogen and oxygen atoms in total. The second-order valence-electron chi connectivity index (χ2n) is 4.62. The summed E-state index contributed by atoms with van der Waals surface area (Å²) in [7, 11) is 0. The van der Waals surface area contributed by atoms with E-state index in [9.17, 15) is 0 Å². The third-order valence-corrected chi connectivity index (χ3v) is 3.05. The third-order valence-electron chi connectivity index (χ3n) is 2.84. The molecule has 1 unspecified atom stereocenters. The first-order valence-electron chi connectivity index (χ1n) is 6.11. The van der Waals surface area contributed by atoms with E-state index in [1.54, 1.807) is 6.07 Å². The van der Waals surface area contributed by atoms with Crippen LogP contribution < -0.4 is 5.32 Å². The second-order valence-corrected chi connectivity index (χ2v) is 5.01. The molecule has 18 heavy (non-hydrogen) atoms. The number of nitrogens with one attached hydrogen (secondary N) is 1. The fraction of sp³-hybridized carbons (Fsp3) is 0.267. The van der Waals surface area contributed by atoms with Crippen LogP contribution >= 0.6 is 11.6 Å². The minimum Gasteiger partial charge on any atom is -0.363 e. The maximum absolute atomic E-state index is 5.90. The van der Waals surface area contributed by atoms with Gasteiger partial charge in [-0.25, -0.2) is 4.98 Å². The molecule has 1 aromatic carbocycles. The highest BCUT2D eigenvalue weighted by Gasteiger charge is 2.15. The molecular formula is C15H17ClN2. The Morgan fingerprint density at radius 1 is 1.00 bits per heavy atom. The predicted molar refractivity (Wildman–Crippen MR) is 76.9 cm³/mol. The molecule has 1 atom stereocenters. The summed E-state index contributed by atoms with van der Waals surface area (Å²) < 4.78 is 0. The number of rotatable bonds is 4. The lowest BCUT2D eigenvalue weighted by atomic mass is 9.96. The van der Waals surface area contributed by atoms with Crippen molar-refractivity contribution in [3.05, 3.63) is 59.2 Å². The zero-order valence-corrected chi connectivity index (χ0v) is 11.4. The topological polar surface area (TPSA) is 24.9 Å². The molecule has 0 spiro atoms. The van der Waals surface area contributed by atoms with Crippen LogP contribution in [0.15, 0.2) is 48.5 Å². The molecule has 0 radical (unpaired) electrons. The summed E-state index contributed by atoms with van der Waals surface area (Å²) in [6.45, 7) is 4.38. The first-order valence-corrected chi connectivity index (χ1v) is 6.48. The van der Waals surface area contributed by atoms with Crippen LogP contribution in [0.4, 0.5) is 5.82 Å². The highest BCUT2D eigenvalue weighted by molar-refractivity contribution is 6.29. The maximum Gasteiger partial charge on any atom is 0.131 e. The monoisotopic (exact) mass is 260 g/mol. The molecule has 0 saturated carbocycles. The first-order chi connectivity index (χ1) is 8.66. The van der Waals surface area contributed by atoms with E-state index >= 15 is 0 Å². The van der Waals surface area contributed by atoms with Crippen molar-refractivity contribution in [1.29, 1.82) is 0 Å². The van der Waals surface area contributed by atoms with Crippen LogP contribution in [0.3, 0.4) is 0 Å². The van der Waals surface area contributed by atoms with Gasteiger partial charge in [0.25, 0.3) is 0 Å². The van der Waals surface area contributed by atoms with Crippen LogP contribution in [-0.4, -0.2) is 4.98 Å². The number of anilines is 1. The molecule has 1 N–H and O–H groups in total. The lowest BCUT2D eigenvalue weighted by molar-refractivity contribution is 0.545. The Bertz CT molecular complexity index is 497. The Balaban J connectivity index is 2.22. The van der Waals surface area contributed by atoms with Crippen LogP contribution in [0, 0.1) is 5.92 Å². The van der Waals surface area contributed by atoms with Crippen molar-refractivity contribution in [3.8, 4) is 0 Å². The maximum atomic E-state index is 5.90. The molecule has 2 rings (SSSR count). The molecule has 0 aliphatic heterocycles. The van der Waals surface area contributed by atoms with Gasteiger partial charge in [0, 0.05) is 0 Å². The number of pyridine rings is 1. The number of hydrogen-bond donors (Lipinski definition) is 1. The number of benzene rings is 1. The standard InChI is InChI=1S/C15H17ClN2/c1-11(2)15(12-7-4-3-5-8-12)18-14-10-6-9-13(16)17-14/h3-11,15H,1-2H3,(H,17,18). The van der Waals surface area contributed by atoms with Crippen molar-refractivity contribution in [3.63, 3.8) is 0 Å². The van der Waals surface area contributed by atoms with Crippen molar-refractivity contribution < 1.29 is 0 Å². The fourth-order valence-corrected chi connectivity index (χ4v) is 2.11. The summed E-state index contributed by atoms with van der Waals surface area (Å²) in [6, 6.07) is 16.2. The van der Waals surface area contributed by atoms with Crippen LogP contribution in [-0.2, 0) is 0 Å². The summed E-state index contributed by atoms with van der Waals surface area (Å²) in [4.78, 5) is 4.28. The quantitative estimate of drug-likeness (QED) is 0.816. The van der Waals surface area contributed by atoms with Crippen molar-refractivity contribution in [1.82, 2.24) is 4.98 Å². The molecule has 0 saturated heterocycles. The van der Waals surface area contributed by atoms with Gasteiger partial charge in [0.15, 0.2) is 0 Å². The summed E-state index contributed by atoms with van der Waals surface area (Å²) in [6.07, 6.45) is 0. The Kier molecular flexibility index (Phi) is 4.21. The van der Waals surface area contributed by atoms with Gasteiger partial charge in [0.1, 0.15) is 11.0 Å². The zero-order chi connectivity index (χ0) is 13.0. The summed E-state index contributed by atoms with van der Waals surface area (Å²) in [5.41, 5.74) is 1.26. The van der Waals surface area contributed by atoms with E-state index < -0.39 is 0 Å². The third kappa shape index (κ3) is 3.23. The van der Waals surface area contributed by atoms with Gasteiger partial charge in [-0.2, -0.15) is 0 Å². The number of aromatic nitrogens is 1. The Morgan fingerprint density at radius 2 is 1.72 bits per heavy atom. The molecule has 2 aromatic rings. The van der Waals surface area contributed by atoms with E-state index in [4.69, 9.17) is 11.6 Å². The van der Waals surface area contributed by atoms with Crippen molar-refractivity contribution in [2.24, 2.45) is 5.92 Å². The second kappa shape index (κ2) is 5.87. The number of nitrogens with zero attached hydrogens (tertiary/aromatic N) is 1. The van der Waals surface area contributed by atoms with Crippen molar-refractivity contribution in [2.75, 3.05) is 5.32 Å². The summed E-state index contributed by atoms with van der Waals surface area (Å²) in [5, 5.41) is 3.95. The summed E-state index contributed by atoms with van der Waals surface area (Å²) >= 11 is 5.90. The van der Waals surface area contributed by atoms with Crippen LogP contribution in [0.1, 0.15) is 25.5 Å². The van der Waals surface area contributed by atoms with E-state index in [0.29, 0.717) is 11.1 Å². The average Bonchev–Trinajstić information content (AvgIpc) is 2.37. The van der Waals surface area contributed by atoms with Crippen molar-refractivity contribution >= 4 is 17.4 Å². The molecule has 0 fully saturated rings. The van der Waals surface area contributed by atoms with Crippen LogP contribution in [0.25, 0.3) is 0 Å².